The molecular weight excluding hydrogens is 202 g/mol. The molecule has 0 saturated carbocycles. The summed E-state index contributed by atoms with van der Waals surface area (Å²) in [5.41, 5.74) is 5.69. The van der Waals surface area contributed by atoms with E-state index in [0.717, 1.165) is 44.8 Å². The summed E-state index contributed by atoms with van der Waals surface area (Å²) < 4.78 is 0. The lowest BCUT2D eigenvalue weighted by atomic mass is 10.00. The Balaban J connectivity index is 2.32. The van der Waals surface area contributed by atoms with Crippen LogP contribution in [0.3, 0.4) is 0 Å². The molecule has 0 aromatic heterocycles. The van der Waals surface area contributed by atoms with Gasteiger partial charge in [-0.15, -0.1) is 0 Å². The maximum atomic E-state index is 12.0. The standard InChI is InChI=1S/C12H25N3O/c1-10-4-8-15(9-5-10)12(16)14(3)7-6-11(2)13/h10-11H,4-9,13H2,1-3H3. The SMILES string of the molecule is CC(N)CCN(C)C(=O)N1CCC(C)CC1. The number of urea groups is 1. The number of hydrogen-bond donors (Lipinski definition) is 1. The number of amides is 2. The van der Waals surface area contributed by atoms with E-state index in [4.69, 9.17) is 5.73 Å². The van der Waals surface area contributed by atoms with E-state index in [1.54, 1.807) is 4.90 Å². The van der Waals surface area contributed by atoms with E-state index in [1.807, 2.05) is 18.9 Å². The molecule has 0 spiro atoms. The van der Waals surface area contributed by atoms with Crippen LogP contribution >= 0.6 is 0 Å². The fourth-order valence-corrected chi connectivity index (χ4v) is 1.93. The first-order valence-corrected chi connectivity index (χ1v) is 6.26. The molecule has 1 aliphatic rings. The highest BCUT2D eigenvalue weighted by atomic mass is 16.2. The molecule has 0 aliphatic carbocycles. The Morgan fingerprint density at radius 2 is 2.06 bits per heavy atom. The van der Waals surface area contributed by atoms with Gasteiger partial charge >= 0.3 is 6.03 Å². The fraction of sp³-hybridized carbons (Fsp3) is 0.917. The molecule has 0 aromatic carbocycles. The minimum Gasteiger partial charge on any atom is -0.328 e. The zero-order valence-electron chi connectivity index (χ0n) is 10.8. The monoisotopic (exact) mass is 227 g/mol. The molecule has 16 heavy (non-hydrogen) atoms. The number of nitrogens with two attached hydrogens (primary N) is 1. The third-order valence-electron chi connectivity index (χ3n) is 3.30. The maximum Gasteiger partial charge on any atom is 0.319 e. The molecule has 1 atom stereocenters. The highest BCUT2D eigenvalue weighted by Gasteiger charge is 2.22. The minimum atomic E-state index is 0.160. The van der Waals surface area contributed by atoms with Crippen LogP contribution in [0.5, 0.6) is 0 Å². The van der Waals surface area contributed by atoms with Crippen LogP contribution in [0.4, 0.5) is 4.79 Å². The van der Waals surface area contributed by atoms with Crippen molar-refractivity contribution in [3.05, 3.63) is 0 Å². The predicted molar refractivity (Wildman–Crippen MR) is 66.3 cm³/mol. The van der Waals surface area contributed by atoms with Crippen molar-refractivity contribution in [2.24, 2.45) is 11.7 Å². The minimum absolute atomic E-state index is 0.160. The second-order valence-corrected chi connectivity index (χ2v) is 5.14. The Hall–Kier alpha value is -0.770. The van der Waals surface area contributed by atoms with Crippen molar-refractivity contribution in [3.8, 4) is 0 Å². The van der Waals surface area contributed by atoms with E-state index in [2.05, 4.69) is 6.92 Å². The van der Waals surface area contributed by atoms with Crippen LogP contribution in [0, 0.1) is 5.92 Å². The maximum absolute atomic E-state index is 12.0. The number of nitrogens with zero attached hydrogens (tertiary/aromatic N) is 2. The first kappa shape index (κ1) is 13.3. The molecule has 4 heteroatoms. The summed E-state index contributed by atoms with van der Waals surface area (Å²) in [4.78, 5) is 15.8. The van der Waals surface area contributed by atoms with Crippen LogP contribution in [-0.2, 0) is 0 Å². The predicted octanol–water partition coefficient (Wildman–Crippen LogP) is 1.51. The number of rotatable bonds is 3. The molecule has 94 valence electrons. The van der Waals surface area contributed by atoms with Crippen molar-refractivity contribution in [2.45, 2.75) is 39.2 Å². The summed E-state index contributed by atoms with van der Waals surface area (Å²) in [7, 11) is 1.86. The molecule has 4 nitrogen and oxygen atoms in total. The number of piperidine rings is 1. The normalized spacial score (nSPS) is 19.6. The first-order chi connectivity index (χ1) is 7.50. The molecule has 0 bridgehead atoms. The Labute approximate surface area is 98.8 Å². The summed E-state index contributed by atoms with van der Waals surface area (Å²) >= 11 is 0. The van der Waals surface area contributed by atoms with Gasteiger partial charge in [0.1, 0.15) is 0 Å². The molecule has 2 amide bonds. The number of carbonyl (C=O) groups is 1. The Bertz CT molecular complexity index is 222. The topological polar surface area (TPSA) is 49.6 Å². The number of carbonyl (C=O) groups excluding carboxylic acids is 1. The zero-order valence-corrected chi connectivity index (χ0v) is 10.8. The molecule has 1 saturated heterocycles. The number of likely N-dealkylation sites (tertiary alicyclic amines) is 1. The molecule has 0 radical (unpaired) electrons. The van der Waals surface area contributed by atoms with Crippen LogP contribution in [0.1, 0.15) is 33.1 Å². The summed E-state index contributed by atoms with van der Waals surface area (Å²) in [6.45, 7) is 6.79. The smallest absolute Gasteiger partial charge is 0.319 e. The second kappa shape index (κ2) is 6.09. The van der Waals surface area contributed by atoms with E-state index >= 15 is 0 Å². The van der Waals surface area contributed by atoms with E-state index < -0.39 is 0 Å². The third kappa shape index (κ3) is 4.00. The lowest BCUT2D eigenvalue weighted by molar-refractivity contribution is 0.142. The average Bonchev–Trinajstić information content (AvgIpc) is 2.26. The van der Waals surface area contributed by atoms with Gasteiger partial charge < -0.3 is 15.5 Å². The van der Waals surface area contributed by atoms with Crippen LogP contribution in [0.15, 0.2) is 0 Å². The van der Waals surface area contributed by atoms with Gasteiger partial charge in [0.15, 0.2) is 0 Å². The van der Waals surface area contributed by atoms with E-state index in [0.29, 0.717) is 0 Å². The van der Waals surface area contributed by atoms with Gasteiger partial charge in [0.05, 0.1) is 0 Å². The molecule has 1 rings (SSSR count). The van der Waals surface area contributed by atoms with Gasteiger partial charge in [0, 0.05) is 32.7 Å². The van der Waals surface area contributed by atoms with E-state index in [1.165, 1.54) is 0 Å². The van der Waals surface area contributed by atoms with Gasteiger partial charge in [0.25, 0.3) is 0 Å². The molecule has 1 aliphatic heterocycles. The van der Waals surface area contributed by atoms with Gasteiger partial charge in [-0.3, -0.25) is 0 Å². The largest absolute Gasteiger partial charge is 0.328 e. The number of hydrogen-bond acceptors (Lipinski definition) is 2. The van der Waals surface area contributed by atoms with Crippen LogP contribution in [0.25, 0.3) is 0 Å². The van der Waals surface area contributed by atoms with Crippen molar-refractivity contribution >= 4 is 6.03 Å². The third-order valence-corrected chi connectivity index (χ3v) is 3.30. The van der Waals surface area contributed by atoms with E-state index in [-0.39, 0.29) is 12.1 Å². The first-order valence-electron chi connectivity index (χ1n) is 6.26. The van der Waals surface area contributed by atoms with E-state index in [9.17, 15) is 4.79 Å². The molecule has 1 fully saturated rings. The quantitative estimate of drug-likeness (QED) is 0.794. The van der Waals surface area contributed by atoms with Crippen LogP contribution in [0.2, 0.25) is 0 Å². The summed E-state index contributed by atoms with van der Waals surface area (Å²) in [5.74, 6) is 0.762. The molecule has 2 N–H and O–H groups in total. The summed E-state index contributed by atoms with van der Waals surface area (Å²) in [6.07, 6.45) is 3.13. The van der Waals surface area contributed by atoms with Crippen molar-refractivity contribution in [3.63, 3.8) is 0 Å². The van der Waals surface area contributed by atoms with Gasteiger partial charge in [0.2, 0.25) is 0 Å². The van der Waals surface area contributed by atoms with Crippen molar-refractivity contribution in [1.82, 2.24) is 9.80 Å². The summed E-state index contributed by atoms with van der Waals surface area (Å²) in [5, 5.41) is 0. The molecular formula is C12H25N3O. The van der Waals surface area contributed by atoms with Crippen molar-refractivity contribution < 1.29 is 4.79 Å². The van der Waals surface area contributed by atoms with Gasteiger partial charge in [-0.05, 0) is 32.1 Å². The Morgan fingerprint density at radius 1 is 1.50 bits per heavy atom. The van der Waals surface area contributed by atoms with Gasteiger partial charge in [-0.2, -0.15) is 0 Å². The van der Waals surface area contributed by atoms with Crippen molar-refractivity contribution in [2.75, 3.05) is 26.7 Å². The highest BCUT2D eigenvalue weighted by Crippen LogP contribution is 2.16. The lowest BCUT2D eigenvalue weighted by Crippen LogP contribution is -2.45. The van der Waals surface area contributed by atoms with Gasteiger partial charge in [-0.25, -0.2) is 4.79 Å². The molecule has 0 aromatic rings. The average molecular weight is 227 g/mol. The molecule has 1 unspecified atom stereocenters. The second-order valence-electron chi connectivity index (χ2n) is 5.14. The Morgan fingerprint density at radius 3 is 2.56 bits per heavy atom. The lowest BCUT2D eigenvalue weighted by Gasteiger charge is -2.33. The molecule has 1 heterocycles. The highest BCUT2D eigenvalue weighted by molar-refractivity contribution is 5.74. The summed E-state index contributed by atoms with van der Waals surface area (Å²) in [6, 6.07) is 0.323. The van der Waals surface area contributed by atoms with Crippen LogP contribution in [-0.4, -0.2) is 48.6 Å². The Kier molecular flexibility index (Phi) is 5.06. The van der Waals surface area contributed by atoms with Crippen LogP contribution < -0.4 is 5.73 Å². The fourth-order valence-electron chi connectivity index (χ4n) is 1.93. The van der Waals surface area contributed by atoms with Gasteiger partial charge in [-0.1, -0.05) is 6.92 Å². The zero-order chi connectivity index (χ0) is 12.1. The van der Waals surface area contributed by atoms with Crippen molar-refractivity contribution in [1.29, 1.82) is 0 Å².